The number of benzene rings is 2. The molecule has 0 spiro atoms. The number of hydrogen-bond donors (Lipinski definition) is 2. The molecule has 0 saturated heterocycles. The van der Waals surface area contributed by atoms with Crippen LogP contribution in [-0.4, -0.2) is 12.1 Å². The van der Waals surface area contributed by atoms with Crippen molar-refractivity contribution in [2.75, 3.05) is 0 Å². The summed E-state index contributed by atoms with van der Waals surface area (Å²) in [5, 5.41) is 0. The Morgan fingerprint density at radius 1 is 0.650 bits per heavy atom. The molecule has 0 aromatic heterocycles. The van der Waals surface area contributed by atoms with Gasteiger partial charge in [0.15, 0.2) is 0 Å². The SMILES string of the molecule is C[C@H](N)Cc1ccccc1.C[C@H](N)Cc1ccccc1. The fourth-order valence-electron chi connectivity index (χ4n) is 1.97. The predicted octanol–water partition coefficient (Wildman–Crippen LogP) is 3.15. The van der Waals surface area contributed by atoms with Crippen LogP contribution in [0.4, 0.5) is 0 Å². The van der Waals surface area contributed by atoms with E-state index in [-0.39, 0.29) is 12.1 Å². The summed E-state index contributed by atoms with van der Waals surface area (Å²) in [6.07, 6.45) is 1.95. The normalized spacial score (nSPS) is 13.0. The standard InChI is InChI=1S/2C9H13N/c2*1-8(10)7-9-5-3-2-4-6-9/h2*2-6,8H,7,10H2,1H3/t2*8-/m00/s1. The number of rotatable bonds is 4. The second-order valence-corrected chi connectivity index (χ2v) is 5.33. The maximum Gasteiger partial charge on any atom is 0.00509 e. The summed E-state index contributed by atoms with van der Waals surface area (Å²) < 4.78 is 0. The Bertz CT molecular complexity index is 404. The first kappa shape index (κ1) is 16.4. The van der Waals surface area contributed by atoms with Crippen LogP contribution >= 0.6 is 0 Å². The van der Waals surface area contributed by atoms with Crippen LogP contribution in [0.1, 0.15) is 25.0 Å². The fourth-order valence-corrected chi connectivity index (χ4v) is 1.97. The van der Waals surface area contributed by atoms with Crippen molar-refractivity contribution in [1.82, 2.24) is 0 Å². The van der Waals surface area contributed by atoms with Crippen LogP contribution in [0.2, 0.25) is 0 Å². The topological polar surface area (TPSA) is 52.0 Å². The van der Waals surface area contributed by atoms with Gasteiger partial charge in [-0.25, -0.2) is 0 Å². The molecule has 2 nitrogen and oxygen atoms in total. The lowest BCUT2D eigenvalue weighted by Crippen LogP contribution is -2.17. The van der Waals surface area contributed by atoms with Crippen molar-refractivity contribution in [2.24, 2.45) is 11.5 Å². The third-order valence-corrected chi connectivity index (χ3v) is 2.80. The Kier molecular flexibility index (Phi) is 7.63. The van der Waals surface area contributed by atoms with Gasteiger partial charge in [0, 0.05) is 12.1 Å². The zero-order valence-corrected chi connectivity index (χ0v) is 12.5. The highest BCUT2D eigenvalue weighted by atomic mass is 14.6. The molecule has 0 aliphatic carbocycles. The molecule has 2 rings (SSSR count). The van der Waals surface area contributed by atoms with Gasteiger partial charge in [0.1, 0.15) is 0 Å². The van der Waals surface area contributed by atoms with Crippen molar-refractivity contribution < 1.29 is 0 Å². The van der Waals surface area contributed by atoms with Gasteiger partial charge in [-0.2, -0.15) is 0 Å². The zero-order valence-electron chi connectivity index (χ0n) is 12.5. The maximum absolute atomic E-state index is 5.62. The Labute approximate surface area is 122 Å². The van der Waals surface area contributed by atoms with Crippen LogP contribution < -0.4 is 11.5 Å². The molecule has 4 N–H and O–H groups in total. The molecule has 0 unspecified atom stereocenters. The Morgan fingerprint density at radius 2 is 0.950 bits per heavy atom. The van der Waals surface area contributed by atoms with Crippen molar-refractivity contribution in [3.05, 3.63) is 71.8 Å². The minimum Gasteiger partial charge on any atom is -0.328 e. The van der Waals surface area contributed by atoms with Gasteiger partial charge in [-0.3, -0.25) is 0 Å². The van der Waals surface area contributed by atoms with E-state index in [4.69, 9.17) is 11.5 Å². The first-order valence-electron chi connectivity index (χ1n) is 7.17. The lowest BCUT2D eigenvalue weighted by molar-refractivity contribution is 0.738. The van der Waals surface area contributed by atoms with Gasteiger partial charge in [0.25, 0.3) is 0 Å². The van der Waals surface area contributed by atoms with Gasteiger partial charge in [-0.1, -0.05) is 60.7 Å². The summed E-state index contributed by atoms with van der Waals surface area (Å²) in [6.45, 7) is 4.04. The second-order valence-electron chi connectivity index (χ2n) is 5.33. The van der Waals surface area contributed by atoms with Gasteiger partial charge in [0.05, 0.1) is 0 Å². The van der Waals surface area contributed by atoms with E-state index in [1.807, 2.05) is 50.2 Å². The molecular weight excluding hydrogens is 244 g/mol. The molecular formula is C18H26N2. The summed E-state index contributed by atoms with van der Waals surface area (Å²) in [7, 11) is 0. The summed E-state index contributed by atoms with van der Waals surface area (Å²) in [5.74, 6) is 0. The minimum absolute atomic E-state index is 0.266. The van der Waals surface area contributed by atoms with E-state index in [1.165, 1.54) is 11.1 Å². The van der Waals surface area contributed by atoms with Crippen molar-refractivity contribution in [1.29, 1.82) is 0 Å². The van der Waals surface area contributed by atoms with Crippen LogP contribution in [0.3, 0.4) is 0 Å². The molecule has 20 heavy (non-hydrogen) atoms. The van der Waals surface area contributed by atoms with E-state index in [2.05, 4.69) is 24.3 Å². The first-order valence-corrected chi connectivity index (χ1v) is 7.17. The molecule has 2 atom stereocenters. The third kappa shape index (κ3) is 7.72. The molecule has 2 heteroatoms. The Balaban J connectivity index is 0.000000200. The van der Waals surface area contributed by atoms with E-state index in [1.54, 1.807) is 0 Å². The molecule has 0 radical (unpaired) electrons. The average molecular weight is 270 g/mol. The lowest BCUT2D eigenvalue weighted by Gasteiger charge is -2.02. The monoisotopic (exact) mass is 270 g/mol. The van der Waals surface area contributed by atoms with Crippen LogP contribution in [0.15, 0.2) is 60.7 Å². The summed E-state index contributed by atoms with van der Waals surface area (Å²) in [5.41, 5.74) is 13.9. The van der Waals surface area contributed by atoms with E-state index >= 15 is 0 Å². The average Bonchev–Trinajstić information content (AvgIpc) is 2.40. The highest BCUT2D eigenvalue weighted by Crippen LogP contribution is 2.01. The van der Waals surface area contributed by atoms with Crippen molar-refractivity contribution in [2.45, 2.75) is 38.8 Å². The van der Waals surface area contributed by atoms with Crippen LogP contribution in [-0.2, 0) is 12.8 Å². The molecule has 0 aliphatic rings. The van der Waals surface area contributed by atoms with E-state index in [9.17, 15) is 0 Å². The third-order valence-electron chi connectivity index (χ3n) is 2.80. The number of hydrogen-bond acceptors (Lipinski definition) is 2. The molecule has 2 aromatic rings. The van der Waals surface area contributed by atoms with Crippen molar-refractivity contribution in [3.63, 3.8) is 0 Å². The molecule has 108 valence electrons. The van der Waals surface area contributed by atoms with Gasteiger partial charge in [-0.15, -0.1) is 0 Å². The minimum atomic E-state index is 0.266. The lowest BCUT2D eigenvalue weighted by atomic mass is 10.1. The van der Waals surface area contributed by atoms with Gasteiger partial charge in [0.2, 0.25) is 0 Å². The highest BCUT2D eigenvalue weighted by Gasteiger charge is 1.95. The zero-order chi connectivity index (χ0) is 14.8. The predicted molar refractivity (Wildman–Crippen MR) is 87.6 cm³/mol. The van der Waals surface area contributed by atoms with E-state index in [0.717, 1.165) is 12.8 Å². The molecule has 0 bridgehead atoms. The van der Waals surface area contributed by atoms with Crippen LogP contribution in [0, 0.1) is 0 Å². The summed E-state index contributed by atoms with van der Waals surface area (Å²) >= 11 is 0. The quantitative estimate of drug-likeness (QED) is 0.896. The van der Waals surface area contributed by atoms with E-state index < -0.39 is 0 Å². The molecule has 0 aliphatic heterocycles. The first-order chi connectivity index (χ1) is 9.58. The van der Waals surface area contributed by atoms with Crippen LogP contribution in [0.25, 0.3) is 0 Å². The van der Waals surface area contributed by atoms with Crippen LogP contribution in [0.5, 0.6) is 0 Å². The summed E-state index contributed by atoms with van der Waals surface area (Å²) in [4.78, 5) is 0. The molecule has 0 amide bonds. The molecule has 0 saturated carbocycles. The molecule has 0 fully saturated rings. The maximum atomic E-state index is 5.62. The fraction of sp³-hybridized carbons (Fsp3) is 0.333. The van der Waals surface area contributed by atoms with Gasteiger partial charge < -0.3 is 11.5 Å². The Morgan fingerprint density at radius 3 is 1.20 bits per heavy atom. The van der Waals surface area contributed by atoms with Crippen molar-refractivity contribution >= 4 is 0 Å². The second kappa shape index (κ2) is 9.29. The summed E-state index contributed by atoms with van der Waals surface area (Å²) in [6, 6.07) is 21.1. The largest absolute Gasteiger partial charge is 0.328 e. The van der Waals surface area contributed by atoms with Gasteiger partial charge >= 0.3 is 0 Å². The van der Waals surface area contributed by atoms with E-state index in [0.29, 0.717) is 0 Å². The molecule has 0 heterocycles. The highest BCUT2D eigenvalue weighted by molar-refractivity contribution is 5.16. The molecule has 2 aromatic carbocycles. The van der Waals surface area contributed by atoms with Gasteiger partial charge in [-0.05, 0) is 37.8 Å². The number of nitrogens with two attached hydrogens (primary N) is 2. The van der Waals surface area contributed by atoms with Crippen molar-refractivity contribution in [3.8, 4) is 0 Å². The smallest absolute Gasteiger partial charge is 0.00509 e. The Hall–Kier alpha value is -1.64.